The molecule has 0 atom stereocenters. The number of thiophene rings is 1. The van der Waals surface area contributed by atoms with Crippen molar-refractivity contribution >= 4 is 22.1 Å². The second kappa shape index (κ2) is 2.79. The van der Waals surface area contributed by atoms with Gasteiger partial charge in [0.25, 0.3) is 0 Å². The van der Waals surface area contributed by atoms with Crippen LogP contribution in [0.4, 0.5) is 0 Å². The van der Waals surface area contributed by atoms with E-state index in [2.05, 4.69) is 12.3 Å². The number of methoxy groups -OCH3 is 1. The Kier molecular flexibility index (Phi) is 1.77. The summed E-state index contributed by atoms with van der Waals surface area (Å²) in [5, 5.41) is 4.53. The van der Waals surface area contributed by atoms with Gasteiger partial charge in [0.1, 0.15) is 5.75 Å². The normalized spacial score (nSPS) is 10.5. The molecule has 12 heavy (non-hydrogen) atoms. The molecule has 61 valence electrons. The summed E-state index contributed by atoms with van der Waals surface area (Å²) in [6, 6.07) is 6.04. The van der Waals surface area contributed by atoms with Crippen LogP contribution in [0.3, 0.4) is 0 Å². The molecule has 1 nitrogen and oxygen atoms in total. The van der Waals surface area contributed by atoms with Crippen LogP contribution in [0.2, 0.25) is 0 Å². The lowest BCUT2D eigenvalue weighted by Crippen LogP contribution is -1.80. The lowest BCUT2D eigenvalue weighted by atomic mass is 10.2. The molecule has 0 unspecified atom stereocenters. The van der Waals surface area contributed by atoms with Crippen molar-refractivity contribution in [3.63, 3.8) is 0 Å². The first-order valence-electron chi connectivity index (χ1n) is 3.68. The van der Waals surface area contributed by atoms with Crippen molar-refractivity contribution in [3.8, 4) is 5.75 Å². The second-order valence-corrected chi connectivity index (χ2v) is 3.58. The highest BCUT2D eigenvalue weighted by Crippen LogP contribution is 2.27. The number of hydrogen-bond donors (Lipinski definition) is 0. The lowest BCUT2D eigenvalue weighted by Gasteiger charge is -1.98. The van der Waals surface area contributed by atoms with Gasteiger partial charge in [0.15, 0.2) is 0 Å². The highest BCUT2D eigenvalue weighted by atomic mass is 32.1. The molecule has 0 spiro atoms. The van der Waals surface area contributed by atoms with E-state index in [1.54, 1.807) is 18.4 Å². The zero-order valence-electron chi connectivity index (χ0n) is 6.83. The number of benzene rings is 1. The molecule has 1 radical (unpaired) electrons. The molecule has 1 aromatic heterocycles. The van der Waals surface area contributed by atoms with Gasteiger partial charge in [0.2, 0.25) is 0 Å². The summed E-state index contributed by atoms with van der Waals surface area (Å²) in [6.45, 7) is 3.94. The number of hydrogen-bond acceptors (Lipinski definition) is 2. The van der Waals surface area contributed by atoms with Gasteiger partial charge in [0.05, 0.1) is 7.11 Å². The molecule has 0 aliphatic carbocycles. The van der Waals surface area contributed by atoms with Gasteiger partial charge in [-0.25, -0.2) is 0 Å². The van der Waals surface area contributed by atoms with E-state index in [0.29, 0.717) is 0 Å². The third-order valence-electron chi connectivity index (χ3n) is 1.89. The molecular weight excluding hydrogens is 168 g/mol. The third-order valence-corrected chi connectivity index (χ3v) is 2.76. The Morgan fingerprint density at radius 1 is 1.42 bits per heavy atom. The molecular formula is C10H9OS. The Bertz CT molecular complexity index is 403. The molecule has 0 fully saturated rings. The number of fused-ring (bicyclic) bond motifs is 1. The van der Waals surface area contributed by atoms with Crippen LogP contribution in [0, 0.1) is 6.92 Å². The van der Waals surface area contributed by atoms with E-state index >= 15 is 0 Å². The number of ether oxygens (including phenoxy) is 1. The van der Waals surface area contributed by atoms with Crippen LogP contribution in [-0.2, 0) is 0 Å². The van der Waals surface area contributed by atoms with E-state index in [9.17, 15) is 0 Å². The maximum Gasteiger partial charge on any atom is 0.119 e. The molecule has 2 aromatic rings. The first-order valence-corrected chi connectivity index (χ1v) is 4.56. The van der Waals surface area contributed by atoms with Gasteiger partial charge in [-0.1, -0.05) is 0 Å². The third kappa shape index (κ3) is 1.08. The summed E-state index contributed by atoms with van der Waals surface area (Å²) in [5.74, 6) is 0.903. The summed E-state index contributed by atoms with van der Waals surface area (Å²) in [6.07, 6.45) is 0. The van der Waals surface area contributed by atoms with E-state index in [4.69, 9.17) is 4.74 Å². The average molecular weight is 177 g/mol. The van der Waals surface area contributed by atoms with Gasteiger partial charge in [-0.15, -0.1) is 11.3 Å². The largest absolute Gasteiger partial charge is 0.497 e. The van der Waals surface area contributed by atoms with Crippen LogP contribution in [0.1, 0.15) is 4.88 Å². The van der Waals surface area contributed by atoms with E-state index in [1.165, 1.54) is 10.8 Å². The Morgan fingerprint density at radius 3 is 3.00 bits per heavy atom. The van der Waals surface area contributed by atoms with Crippen molar-refractivity contribution in [2.24, 2.45) is 0 Å². The summed E-state index contributed by atoms with van der Waals surface area (Å²) in [7, 11) is 1.68. The van der Waals surface area contributed by atoms with Gasteiger partial charge in [0, 0.05) is 4.88 Å². The lowest BCUT2D eigenvalue weighted by molar-refractivity contribution is 0.415. The topological polar surface area (TPSA) is 9.23 Å². The minimum atomic E-state index is 0.903. The SMILES string of the molecule is [CH2]c1scc2cc(OC)ccc12. The Labute approximate surface area is 75.6 Å². The highest BCUT2D eigenvalue weighted by molar-refractivity contribution is 7.11. The zero-order chi connectivity index (χ0) is 8.55. The Morgan fingerprint density at radius 2 is 2.25 bits per heavy atom. The molecule has 0 bridgehead atoms. The molecule has 2 heteroatoms. The molecule has 0 aliphatic heterocycles. The average Bonchev–Trinajstić information content (AvgIpc) is 2.47. The van der Waals surface area contributed by atoms with Crippen molar-refractivity contribution in [3.05, 3.63) is 35.4 Å². The second-order valence-electron chi connectivity index (χ2n) is 2.61. The first-order chi connectivity index (χ1) is 5.81. The fourth-order valence-electron chi connectivity index (χ4n) is 1.22. The first kappa shape index (κ1) is 7.62. The van der Waals surface area contributed by atoms with Gasteiger partial charge in [-0.05, 0) is 41.3 Å². The van der Waals surface area contributed by atoms with Crippen molar-refractivity contribution in [2.75, 3.05) is 7.11 Å². The quantitative estimate of drug-likeness (QED) is 0.650. The van der Waals surface area contributed by atoms with Crippen molar-refractivity contribution < 1.29 is 4.74 Å². The summed E-state index contributed by atoms with van der Waals surface area (Å²) >= 11 is 1.67. The summed E-state index contributed by atoms with van der Waals surface area (Å²) in [5.41, 5.74) is 0. The molecule has 0 saturated heterocycles. The highest BCUT2D eigenvalue weighted by Gasteiger charge is 2.00. The van der Waals surface area contributed by atoms with E-state index in [0.717, 1.165) is 10.6 Å². The van der Waals surface area contributed by atoms with E-state index < -0.39 is 0 Å². The van der Waals surface area contributed by atoms with E-state index in [-0.39, 0.29) is 0 Å². The zero-order valence-corrected chi connectivity index (χ0v) is 7.65. The van der Waals surface area contributed by atoms with Gasteiger partial charge in [-0.2, -0.15) is 0 Å². The van der Waals surface area contributed by atoms with Gasteiger partial charge in [-0.3, -0.25) is 0 Å². The van der Waals surface area contributed by atoms with Crippen molar-refractivity contribution in [1.82, 2.24) is 0 Å². The van der Waals surface area contributed by atoms with Crippen LogP contribution < -0.4 is 4.74 Å². The molecule has 1 heterocycles. The molecule has 0 N–H and O–H groups in total. The fourth-order valence-corrected chi connectivity index (χ4v) is 1.99. The molecule has 2 rings (SSSR count). The van der Waals surface area contributed by atoms with E-state index in [1.807, 2.05) is 18.2 Å². The molecule has 0 saturated carbocycles. The predicted octanol–water partition coefficient (Wildman–Crippen LogP) is 3.09. The van der Waals surface area contributed by atoms with Crippen LogP contribution in [0.25, 0.3) is 10.8 Å². The van der Waals surface area contributed by atoms with Gasteiger partial charge >= 0.3 is 0 Å². The molecule has 0 aliphatic rings. The van der Waals surface area contributed by atoms with Crippen molar-refractivity contribution in [1.29, 1.82) is 0 Å². The number of rotatable bonds is 1. The smallest absolute Gasteiger partial charge is 0.119 e. The van der Waals surface area contributed by atoms with Crippen LogP contribution in [0.5, 0.6) is 5.75 Å². The maximum absolute atomic E-state index is 5.12. The van der Waals surface area contributed by atoms with Crippen LogP contribution in [-0.4, -0.2) is 7.11 Å². The molecule has 0 amide bonds. The summed E-state index contributed by atoms with van der Waals surface area (Å²) < 4.78 is 5.12. The van der Waals surface area contributed by atoms with Crippen LogP contribution in [0.15, 0.2) is 23.6 Å². The minimum Gasteiger partial charge on any atom is -0.497 e. The molecule has 1 aromatic carbocycles. The maximum atomic E-state index is 5.12. The monoisotopic (exact) mass is 177 g/mol. The van der Waals surface area contributed by atoms with Crippen molar-refractivity contribution in [2.45, 2.75) is 0 Å². The predicted molar refractivity (Wildman–Crippen MR) is 52.8 cm³/mol. The Balaban J connectivity index is 2.69. The Hall–Kier alpha value is -1.02. The summed E-state index contributed by atoms with van der Waals surface area (Å²) in [4.78, 5) is 1.12. The standard InChI is InChI=1S/C10H9OS/c1-7-10-4-3-9(11-2)5-8(10)6-12-7/h3-6H,1H2,2H3. The minimum absolute atomic E-state index is 0.903. The van der Waals surface area contributed by atoms with Crippen LogP contribution >= 0.6 is 11.3 Å². The van der Waals surface area contributed by atoms with Gasteiger partial charge < -0.3 is 4.74 Å². The fraction of sp³-hybridized carbons (Fsp3) is 0.100.